The summed E-state index contributed by atoms with van der Waals surface area (Å²) in [6.45, 7) is 0.883. The van der Waals surface area contributed by atoms with Crippen LogP contribution in [0.15, 0.2) is 0 Å². The third-order valence-electron chi connectivity index (χ3n) is 3.53. The van der Waals surface area contributed by atoms with Crippen LogP contribution in [0.25, 0.3) is 0 Å². The van der Waals surface area contributed by atoms with Crippen molar-refractivity contribution >= 4 is 21.8 Å². The maximum Gasteiger partial charge on any atom is 0.223 e. The Bertz CT molecular complexity index is 219. The fourth-order valence-corrected chi connectivity index (χ4v) is 3.01. The molecule has 0 atom stereocenters. The number of hydrogen-bond acceptors (Lipinski definition) is 1. The zero-order valence-corrected chi connectivity index (χ0v) is 10.1. The van der Waals surface area contributed by atoms with Crippen LogP contribution in [0.5, 0.6) is 0 Å². The Labute approximate surface area is 94.0 Å². The van der Waals surface area contributed by atoms with Crippen LogP contribution < -0.4 is 5.32 Å². The van der Waals surface area contributed by atoms with Gasteiger partial charge in [0.1, 0.15) is 0 Å². The molecule has 2 rings (SSSR count). The van der Waals surface area contributed by atoms with Gasteiger partial charge in [-0.1, -0.05) is 28.8 Å². The number of hydrogen-bond donors (Lipinski definition) is 1. The minimum atomic E-state index is 0.289. The molecule has 3 heteroatoms. The number of alkyl halides is 1. The summed E-state index contributed by atoms with van der Waals surface area (Å²) in [4.78, 5) is 11.5. The van der Waals surface area contributed by atoms with Crippen molar-refractivity contribution in [2.24, 2.45) is 11.3 Å². The van der Waals surface area contributed by atoms with Gasteiger partial charge < -0.3 is 5.32 Å². The zero-order valence-electron chi connectivity index (χ0n) is 8.52. The molecule has 0 heterocycles. The SMILES string of the molecule is O=C(NCC1(CBr)CCCC1)C1CC1. The Morgan fingerprint density at radius 3 is 2.50 bits per heavy atom. The topological polar surface area (TPSA) is 29.1 Å². The van der Waals surface area contributed by atoms with E-state index in [1.807, 2.05) is 0 Å². The quantitative estimate of drug-likeness (QED) is 0.773. The molecule has 0 bridgehead atoms. The van der Waals surface area contributed by atoms with Crippen LogP contribution >= 0.6 is 15.9 Å². The molecule has 1 amide bonds. The highest BCUT2D eigenvalue weighted by Crippen LogP contribution is 2.39. The summed E-state index contributed by atoms with van der Waals surface area (Å²) in [5.74, 6) is 0.640. The highest BCUT2D eigenvalue weighted by molar-refractivity contribution is 9.09. The van der Waals surface area contributed by atoms with E-state index in [4.69, 9.17) is 0 Å². The van der Waals surface area contributed by atoms with E-state index in [1.54, 1.807) is 0 Å². The van der Waals surface area contributed by atoms with E-state index >= 15 is 0 Å². The predicted molar refractivity (Wildman–Crippen MR) is 60.4 cm³/mol. The van der Waals surface area contributed by atoms with Crippen LogP contribution in [0, 0.1) is 11.3 Å². The molecule has 2 saturated carbocycles. The maximum atomic E-state index is 11.5. The molecule has 2 aliphatic rings. The van der Waals surface area contributed by atoms with Gasteiger partial charge in [-0.15, -0.1) is 0 Å². The standard InChI is InChI=1S/C11H18BrNO/c12-7-11(5-1-2-6-11)8-13-10(14)9-3-4-9/h9H,1-8H2,(H,13,14). The average molecular weight is 260 g/mol. The van der Waals surface area contributed by atoms with E-state index in [1.165, 1.54) is 25.7 Å². The van der Waals surface area contributed by atoms with Crippen molar-refractivity contribution in [1.29, 1.82) is 0 Å². The van der Waals surface area contributed by atoms with Gasteiger partial charge in [0, 0.05) is 17.8 Å². The molecule has 2 fully saturated rings. The number of nitrogens with one attached hydrogen (secondary N) is 1. The zero-order chi connectivity index (χ0) is 10.0. The first-order valence-corrected chi connectivity index (χ1v) is 6.72. The molecule has 0 aromatic rings. The number of halogens is 1. The van der Waals surface area contributed by atoms with Gasteiger partial charge in [0.15, 0.2) is 0 Å². The molecule has 14 heavy (non-hydrogen) atoms. The second-order valence-electron chi connectivity index (χ2n) is 4.83. The molecular weight excluding hydrogens is 242 g/mol. The second-order valence-corrected chi connectivity index (χ2v) is 5.39. The molecule has 0 saturated heterocycles. The Hall–Kier alpha value is -0.0500. The normalized spacial score (nSPS) is 24.9. The van der Waals surface area contributed by atoms with E-state index in [-0.39, 0.29) is 5.91 Å². The minimum Gasteiger partial charge on any atom is -0.355 e. The highest BCUT2D eigenvalue weighted by Gasteiger charge is 2.35. The molecule has 2 aliphatic carbocycles. The largest absolute Gasteiger partial charge is 0.355 e. The van der Waals surface area contributed by atoms with Gasteiger partial charge in [-0.25, -0.2) is 0 Å². The summed E-state index contributed by atoms with van der Waals surface area (Å²) < 4.78 is 0. The monoisotopic (exact) mass is 259 g/mol. The van der Waals surface area contributed by atoms with Crippen molar-refractivity contribution in [3.63, 3.8) is 0 Å². The molecule has 0 radical (unpaired) electrons. The third kappa shape index (κ3) is 2.30. The van der Waals surface area contributed by atoms with Gasteiger partial charge >= 0.3 is 0 Å². The van der Waals surface area contributed by atoms with E-state index < -0.39 is 0 Å². The van der Waals surface area contributed by atoms with E-state index in [9.17, 15) is 4.79 Å². The van der Waals surface area contributed by atoms with Crippen LogP contribution in [0.2, 0.25) is 0 Å². The number of amides is 1. The molecule has 0 aromatic heterocycles. The smallest absolute Gasteiger partial charge is 0.223 e. The maximum absolute atomic E-state index is 11.5. The first-order valence-electron chi connectivity index (χ1n) is 5.59. The Morgan fingerprint density at radius 1 is 1.36 bits per heavy atom. The summed E-state index contributed by atoms with van der Waals surface area (Å²) >= 11 is 3.58. The lowest BCUT2D eigenvalue weighted by Crippen LogP contribution is -2.37. The lowest BCUT2D eigenvalue weighted by Gasteiger charge is -2.26. The second kappa shape index (κ2) is 4.21. The lowest BCUT2D eigenvalue weighted by atomic mass is 9.89. The van der Waals surface area contributed by atoms with Gasteiger partial charge in [0.25, 0.3) is 0 Å². The molecule has 0 spiro atoms. The Balaban J connectivity index is 1.79. The first kappa shape index (κ1) is 10.5. The number of carbonyl (C=O) groups is 1. The van der Waals surface area contributed by atoms with Gasteiger partial charge in [-0.3, -0.25) is 4.79 Å². The van der Waals surface area contributed by atoms with E-state index in [2.05, 4.69) is 21.2 Å². The van der Waals surface area contributed by atoms with Crippen molar-refractivity contribution in [1.82, 2.24) is 5.32 Å². The van der Waals surface area contributed by atoms with Gasteiger partial charge in [0.05, 0.1) is 0 Å². The average Bonchev–Trinajstić information content (AvgIpc) is 2.95. The predicted octanol–water partition coefficient (Wildman–Crippen LogP) is 2.47. The Kier molecular flexibility index (Phi) is 3.15. The Morgan fingerprint density at radius 2 is 2.00 bits per heavy atom. The molecular formula is C11H18BrNO. The highest BCUT2D eigenvalue weighted by atomic mass is 79.9. The van der Waals surface area contributed by atoms with Crippen LogP contribution in [0.1, 0.15) is 38.5 Å². The molecule has 2 nitrogen and oxygen atoms in total. The minimum absolute atomic E-state index is 0.289. The summed E-state index contributed by atoms with van der Waals surface area (Å²) in [5, 5.41) is 4.14. The fourth-order valence-electron chi connectivity index (χ4n) is 2.25. The van der Waals surface area contributed by atoms with Crippen LogP contribution in [-0.2, 0) is 4.79 Å². The molecule has 80 valence electrons. The van der Waals surface area contributed by atoms with Crippen LogP contribution in [0.3, 0.4) is 0 Å². The van der Waals surface area contributed by atoms with Crippen molar-refractivity contribution in [2.75, 3.05) is 11.9 Å². The summed E-state index contributed by atoms with van der Waals surface area (Å²) in [5.41, 5.74) is 0.366. The van der Waals surface area contributed by atoms with E-state index in [0.29, 0.717) is 11.3 Å². The molecule has 0 aliphatic heterocycles. The molecule has 0 unspecified atom stereocenters. The number of carbonyl (C=O) groups excluding carboxylic acids is 1. The van der Waals surface area contributed by atoms with Gasteiger partial charge in [0.2, 0.25) is 5.91 Å². The van der Waals surface area contributed by atoms with Gasteiger partial charge in [-0.2, -0.15) is 0 Å². The lowest BCUT2D eigenvalue weighted by molar-refractivity contribution is -0.122. The van der Waals surface area contributed by atoms with Gasteiger partial charge in [-0.05, 0) is 31.1 Å². The van der Waals surface area contributed by atoms with E-state index in [0.717, 1.165) is 24.7 Å². The number of rotatable bonds is 4. The van der Waals surface area contributed by atoms with Crippen molar-refractivity contribution < 1.29 is 4.79 Å². The van der Waals surface area contributed by atoms with Crippen molar-refractivity contribution in [2.45, 2.75) is 38.5 Å². The van der Waals surface area contributed by atoms with Crippen LogP contribution in [-0.4, -0.2) is 17.8 Å². The fraction of sp³-hybridized carbons (Fsp3) is 0.909. The summed E-state index contributed by atoms with van der Waals surface area (Å²) in [6, 6.07) is 0. The summed E-state index contributed by atoms with van der Waals surface area (Å²) in [6.07, 6.45) is 7.39. The summed E-state index contributed by atoms with van der Waals surface area (Å²) in [7, 11) is 0. The molecule has 0 aromatic carbocycles. The van der Waals surface area contributed by atoms with Crippen molar-refractivity contribution in [3.05, 3.63) is 0 Å². The van der Waals surface area contributed by atoms with Crippen molar-refractivity contribution in [3.8, 4) is 0 Å². The molecule has 1 N–H and O–H groups in total. The third-order valence-corrected chi connectivity index (χ3v) is 4.72. The first-order chi connectivity index (χ1) is 6.76. The van der Waals surface area contributed by atoms with Crippen LogP contribution in [0.4, 0.5) is 0 Å².